The van der Waals surface area contributed by atoms with Gasteiger partial charge < -0.3 is 14.9 Å². The van der Waals surface area contributed by atoms with E-state index in [1.165, 1.54) is 0 Å². The van der Waals surface area contributed by atoms with E-state index in [0.717, 1.165) is 32.1 Å². The molecule has 0 saturated heterocycles. The van der Waals surface area contributed by atoms with Gasteiger partial charge in [-0.1, -0.05) is 24.8 Å². The molecule has 1 aromatic carbocycles. The van der Waals surface area contributed by atoms with Gasteiger partial charge in [-0.3, -0.25) is 0 Å². The highest BCUT2D eigenvalue weighted by molar-refractivity contribution is 5.48. The summed E-state index contributed by atoms with van der Waals surface area (Å²) in [5.74, 6) is 3.07. The Bertz CT molecular complexity index is 461. The molecule has 0 unspecified atom stereocenters. The third-order valence-electron chi connectivity index (χ3n) is 3.30. The molecule has 114 valence electrons. The minimum Gasteiger partial charge on any atom is -0.493 e. The van der Waals surface area contributed by atoms with Crippen molar-refractivity contribution in [3.63, 3.8) is 0 Å². The normalized spacial score (nSPS) is 10.1. The Morgan fingerprint density at radius 3 is 2.24 bits per heavy atom. The van der Waals surface area contributed by atoms with Gasteiger partial charge in [0.05, 0.1) is 19.8 Å². The summed E-state index contributed by atoms with van der Waals surface area (Å²) in [6, 6.07) is 3.44. The van der Waals surface area contributed by atoms with Gasteiger partial charge >= 0.3 is 0 Å². The zero-order valence-electron chi connectivity index (χ0n) is 12.5. The van der Waals surface area contributed by atoms with Crippen molar-refractivity contribution in [1.29, 1.82) is 0 Å². The molecule has 0 atom stereocenters. The van der Waals surface area contributed by atoms with Crippen molar-refractivity contribution in [2.45, 2.75) is 45.3 Å². The summed E-state index contributed by atoms with van der Waals surface area (Å²) in [6.45, 7) is 3.96. The number of hydrogen-bond donors (Lipinski definition) is 2. The van der Waals surface area contributed by atoms with Crippen molar-refractivity contribution in [3.05, 3.63) is 41.5 Å². The second-order valence-corrected chi connectivity index (χ2v) is 4.92. The lowest BCUT2D eigenvalue weighted by atomic mass is 10.0. The average Bonchev–Trinajstić information content (AvgIpc) is 2.53. The van der Waals surface area contributed by atoms with Crippen molar-refractivity contribution < 1.29 is 14.9 Å². The van der Waals surface area contributed by atoms with Crippen LogP contribution in [0.1, 0.15) is 48.8 Å². The Hall–Kier alpha value is -1.76. The summed E-state index contributed by atoms with van der Waals surface area (Å²) < 4.78 is 5.75. The van der Waals surface area contributed by atoms with Crippen molar-refractivity contribution >= 4 is 0 Å². The van der Waals surface area contributed by atoms with Crippen LogP contribution in [0, 0.1) is 12.3 Å². The van der Waals surface area contributed by atoms with Crippen LogP contribution in [0.15, 0.2) is 24.8 Å². The molecule has 2 N–H and O–H groups in total. The maximum atomic E-state index is 9.42. The molecule has 0 spiro atoms. The second-order valence-electron chi connectivity index (χ2n) is 4.92. The summed E-state index contributed by atoms with van der Waals surface area (Å²) >= 11 is 0. The molecule has 1 rings (SSSR count). The quantitative estimate of drug-likeness (QED) is 0.395. The molecule has 1 aromatic rings. The highest BCUT2D eigenvalue weighted by atomic mass is 16.5. The molecule has 0 saturated carbocycles. The van der Waals surface area contributed by atoms with Crippen LogP contribution in [0.3, 0.4) is 0 Å². The predicted octanol–water partition coefficient (Wildman–Crippen LogP) is 3.17. The Labute approximate surface area is 127 Å². The Balaban J connectivity index is 2.57. The molecule has 0 aromatic heterocycles. The molecular formula is C18H24O3. The first kappa shape index (κ1) is 17.3. The van der Waals surface area contributed by atoms with Crippen LogP contribution in [0.25, 0.3) is 0 Å². The van der Waals surface area contributed by atoms with Gasteiger partial charge in [-0.05, 0) is 31.4 Å². The fraction of sp³-hybridized carbons (Fsp3) is 0.444. The SMILES string of the molecule is C#Cc1cc(CO)c(OCCCCCCC=C)c(CO)c1. The lowest BCUT2D eigenvalue weighted by Crippen LogP contribution is -2.05. The number of allylic oxidation sites excluding steroid dienone is 1. The topological polar surface area (TPSA) is 49.7 Å². The fourth-order valence-corrected chi connectivity index (χ4v) is 2.18. The first-order valence-corrected chi connectivity index (χ1v) is 7.34. The number of hydrogen-bond acceptors (Lipinski definition) is 3. The largest absolute Gasteiger partial charge is 0.493 e. The van der Waals surface area contributed by atoms with E-state index in [4.69, 9.17) is 11.2 Å². The zero-order valence-corrected chi connectivity index (χ0v) is 12.5. The predicted molar refractivity (Wildman–Crippen MR) is 85.0 cm³/mol. The molecule has 0 bridgehead atoms. The van der Waals surface area contributed by atoms with Crippen LogP contribution in [0.5, 0.6) is 5.75 Å². The molecule has 0 aliphatic heterocycles. The Kier molecular flexibility index (Phi) is 8.27. The van der Waals surface area contributed by atoms with Gasteiger partial charge in [-0.25, -0.2) is 0 Å². The van der Waals surface area contributed by atoms with E-state index in [-0.39, 0.29) is 13.2 Å². The molecule has 0 aliphatic carbocycles. The van der Waals surface area contributed by atoms with Crippen LogP contribution in [-0.4, -0.2) is 16.8 Å². The van der Waals surface area contributed by atoms with Crippen LogP contribution < -0.4 is 4.74 Å². The summed E-state index contributed by atoms with van der Waals surface area (Å²) in [6.07, 6.45) is 12.7. The molecule has 21 heavy (non-hydrogen) atoms. The fourth-order valence-electron chi connectivity index (χ4n) is 2.18. The smallest absolute Gasteiger partial charge is 0.130 e. The van der Waals surface area contributed by atoms with Gasteiger partial charge in [-0.15, -0.1) is 13.0 Å². The van der Waals surface area contributed by atoms with Crippen molar-refractivity contribution in [2.75, 3.05) is 6.61 Å². The number of rotatable bonds is 10. The van der Waals surface area contributed by atoms with E-state index in [1.807, 2.05) is 6.08 Å². The highest BCUT2D eigenvalue weighted by Crippen LogP contribution is 2.26. The molecule has 0 aliphatic rings. The van der Waals surface area contributed by atoms with Gasteiger partial charge in [0.1, 0.15) is 5.75 Å². The van der Waals surface area contributed by atoms with Gasteiger partial charge in [0.15, 0.2) is 0 Å². The molecule has 0 radical (unpaired) electrons. The number of aliphatic hydroxyl groups excluding tert-OH is 2. The molecule has 3 nitrogen and oxygen atoms in total. The zero-order chi connectivity index (χ0) is 15.5. The van der Waals surface area contributed by atoms with Gasteiger partial charge in [0.25, 0.3) is 0 Å². The van der Waals surface area contributed by atoms with Crippen molar-refractivity contribution in [1.82, 2.24) is 0 Å². The molecule has 0 amide bonds. The van der Waals surface area contributed by atoms with Gasteiger partial charge in [0.2, 0.25) is 0 Å². The maximum Gasteiger partial charge on any atom is 0.130 e. The minimum absolute atomic E-state index is 0.156. The summed E-state index contributed by atoms with van der Waals surface area (Å²) in [4.78, 5) is 0. The lowest BCUT2D eigenvalue weighted by Gasteiger charge is -2.14. The lowest BCUT2D eigenvalue weighted by molar-refractivity contribution is 0.244. The van der Waals surface area contributed by atoms with E-state index < -0.39 is 0 Å². The molecule has 0 heterocycles. The first-order chi connectivity index (χ1) is 10.3. The van der Waals surface area contributed by atoms with E-state index in [2.05, 4.69) is 12.5 Å². The minimum atomic E-state index is -0.156. The van der Waals surface area contributed by atoms with Gasteiger partial charge in [-0.2, -0.15) is 0 Å². The van der Waals surface area contributed by atoms with E-state index in [0.29, 0.717) is 29.0 Å². The van der Waals surface area contributed by atoms with Crippen molar-refractivity contribution in [2.24, 2.45) is 0 Å². The number of ether oxygens (including phenoxy) is 1. The first-order valence-electron chi connectivity index (χ1n) is 7.34. The standard InChI is InChI=1S/C18H24O3/c1-3-5-6-7-8-9-10-21-18-16(13-19)11-15(4-2)12-17(18)14-20/h2-3,11-12,19-20H,1,5-10,13-14H2. The Morgan fingerprint density at radius 2 is 1.71 bits per heavy atom. The third-order valence-corrected chi connectivity index (χ3v) is 3.30. The number of aliphatic hydroxyl groups is 2. The van der Waals surface area contributed by atoms with E-state index >= 15 is 0 Å². The van der Waals surface area contributed by atoms with Crippen LogP contribution in [0.4, 0.5) is 0 Å². The van der Waals surface area contributed by atoms with E-state index in [9.17, 15) is 10.2 Å². The monoisotopic (exact) mass is 288 g/mol. The molecule has 0 fully saturated rings. The summed E-state index contributed by atoms with van der Waals surface area (Å²) in [5.41, 5.74) is 1.89. The number of unbranched alkanes of at least 4 members (excludes halogenated alkanes) is 4. The van der Waals surface area contributed by atoms with Crippen LogP contribution >= 0.6 is 0 Å². The number of terminal acetylenes is 1. The van der Waals surface area contributed by atoms with Gasteiger partial charge in [0, 0.05) is 16.7 Å². The van der Waals surface area contributed by atoms with E-state index in [1.54, 1.807) is 12.1 Å². The van der Waals surface area contributed by atoms with Crippen molar-refractivity contribution in [3.8, 4) is 18.1 Å². The van der Waals surface area contributed by atoms with Crippen LogP contribution in [-0.2, 0) is 13.2 Å². The van der Waals surface area contributed by atoms with Crippen LogP contribution in [0.2, 0.25) is 0 Å². The highest BCUT2D eigenvalue weighted by Gasteiger charge is 2.11. The summed E-state index contributed by atoms with van der Waals surface area (Å²) in [7, 11) is 0. The third kappa shape index (κ3) is 5.63. The molecular weight excluding hydrogens is 264 g/mol. The number of benzene rings is 1. The maximum absolute atomic E-state index is 9.42. The Morgan fingerprint density at radius 1 is 1.10 bits per heavy atom. The summed E-state index contributed by atoms with van der Waals surface area (Å²) in [5, 5.41) is 18.8. The average molecular weight is 288 g/mol. The second kappa shape index (κ2) is 10.0. The molecule has 3 heteroatoms.